The summed E-state index contributed by atoms with van der Waals surface area (Å²) in [6.45, 7) is 7.24. The van der Waals surface area contributed by atoms with Crippen LogP contribution in [0.2, 0.25) is 0 Å². The summed E-state index contributed by atoms with van der Waals surface area (Å²) in [7, 11) is 1.85. The zero-order chi connectivity index (χ0) is 19.0. The van der Waals surface area contributed by atoms with Gasteiger partial charge in [0.2, 0.25) is 0 Å². The predicted octanol–water partition coefficient (Wildman–Crippen LogP) is 1.71. The first-order chi connectivity index (χ1) is 12.3. The smallest absolute Gasteiger partial charge is 0.287 e. The monoisotopic (exact) mass is 356 g/mol. The number of hydrogen-bond donors (Lipinski definition) is 3. The van der Waals surface area contributed by atoms with E-state index in [0.717, 1.165) is 17.0 Å². The largest absolute Gasteiger partial charge is 0.466 e. The number of amides is 2. The van der Waals surface area contributed by atoms with Crippen LogP contribution in [0.1, 0.15) is 43.8 Å². The molecular weight excluding hydrogens is 336 g/mol. The maximum absolute atomic E-state index is 12.2. The summed E-state index contributed by atoms with van der Waals surface area (Å²) in [6, 6.07) is 3.23. The molecule has 136 valence electrons. The van der Waals surface area contributed by atoms with Gasteiger partial charge in [0.05, 0.1) is 17.0 Å². The van der Waals surface area contributed by atoms with E-state index < -0.39 is 11.8 Å². The van der Waals surface area contributed by atoms with Crippen molar-refractivity contribution in [3.05, 3.63) is 46.3 Å². The van der Waals surface area contributed by atoms with E-state index in [2.05, 4.69) is 26.1 Å². The van der Waals surface area contributed by atoms with Gasteiger partial charge in [0.25, 0.3) is 11.8 Å². The molecule has 0 radical (unpaired) electrons. The van der Waals surface area contributed by atoms with Crippen molar-refractivity contribution in [2.75, 3.05) is 0 Å². The molecule has 0 aliphatic rings. The van der Waals surface area contributed by atoms with Crippen molar-refractivity contribution < 1.29 is 14.0 Å². The van der Waals surface area contributed by atoms with E-state index in [1.165, 1.54) is 0 Å². The minimum absolute atomic E-state index is 0.225. The number of carbonyl (C=O) groups is 2. The van der Waals surface area contributed by atoms with Gasteiger partial charge in [-0.25, -0.2) is 0 Å². The van der Waals surface area contributed by atoms with Crippen molar-refractivity contribution in [2.24, 2.45) is 7.05 Å². The molecule has 0 aromatic carbocycles. The van der Waals surface area contributed by atoms with E-state index in [9.17, 15) is 9.59 Å². The first-order valence-corrected chi connectivity index (χ1v) is 8.01. The Morgan fingerprint density at radius 2 is 1.81 bits per heavy atom. The number of aryl methyl sites for hydroxylation is 4. The number of H-pyrrole nitrogens is 1. The van der Waals surface area contributed by atoms with Crippen LogP contribution in [0.25, 0.3) is 11.3 Å². The van der Waals surface area contributed by atoms with Crippen molar-refractivity contribution in [1.82, 2.24) is 30.8 Å². The highest BCUT2D eigenvalue weighted by molar-refractivity contribution is 5.99. The lowest BCUT2D eigenvalue weighted by atomic mass is 10.1. The molecule has 0 saturated heterocycles. The van der Waals surface area contributed by atoms with Crippen molar-refractivity contribution in [1.29, 1.82) is 0 Å². The van der Waals surface area contributed by atoms with Crippen LogP contribution in [-0.2, 0) is 7.05 Å². The fourth-order valence-corrected chi connectivity index (χ4v) is 2.81. The van der Waals surface area contributed by atoms with Crippen LogP contribution in [0.5, 0.6) is 0 Å². The highest BCUT2D eigenvalue weighted by atomic mass is 16.3. The molecule has 3 rings (SSSR count). The molecule has 0 fully saturated rings. The Hall–Kier alpha value is -3.36. The lowest BCUT2D eigenvalue weighted by molar-refractivity contribution is 0.0843. The summed E-state index contributed by atoms with van der Waals surface area (Å²) in [5, 5.41) is 11.2. The van der Waals surface area contributed by atoms with Crippen LogP contribution < -0.4 is 10.9 Å². The molecule has 9 heteroatoms. The van der Waals surface area contributed by atoms with Gasteiger partial charge in [-0.2, -0.15) is 10.2 Å². The Labute approximate surface area is 149 Å². The topological polar surface area (TPSA) is 118 Å². The van der Waals surface area contributed by atoms with Gasteiger partial charge in [0.1, 0.15) is 17.2 Å². The number of aromatic amines is 1. The van der Waals surface area contributed by atoms with Gasteiger partial charge in [-0.05, 0) is 39.8 Å². The van der Waals surface area contributed by atoms with Gasteiger partial charge >= 0.3 is 0 Å². The Bertz CT molecular complexity index is 994. The fourth-order valence-electron chi connectivity index (χ4n) is 2.81. The molecule has 0 saturated carbocycles. The van der Waals surface area contributed by atoms with Crippen LogP contribution in [0, 0.1) is 27.7 Å². The van der Waals surface area contributed by atoms with Crippen LogP contribution in [0.15, 0.2) is 16.5 Å². The van der Waals surface area contributed by atoms with E-state index in [-0.39, 0.29) is 5.69 Å². The number of hydrogen-bond acceptors (Lipinski definition) is 5. The molecule has 0 atom stereocenters. The van der Waals surface area contributed by atoms with Crippen molar-refractivity contribution in [3.8, 4) is 11.3 Å². The van der Waals surface area contributed by atoms with Crippen molar-refractivity contribution in [2.45, 2.75) is 27.7 Å². The van der Waals surface area contributed by atoms with E-state index in [1.54, 1.807) is 30.7 Å². The quantitative estimate of drug-likeness (QED) is 0.618. The third-order valence-corrected chi connectivity index (χ3v) is 4.16. The third-order valence-electron chi connectivity index (χ3n) is 4.16. The molecule has 3 aromatic heterocycles. The number of hydrazine groups is 1. The second kappa shape index (κ2) is 6.51. The first kappa shape index (κ1) is 17.5. The zero-order valence-electron chi connectivity index (χ0n) is 15.2. The summed E-state index contributed by atoms with van der Waals surface area (Å²) in [5.41, 5.74) is 8.57. The van der Waals surface area contributed by atoms with E-state index in [4.69, 9.17) is 4.42 Å². The molecule has 3 aromatic rings. The molecule has 3 heterocycles. The first-order valence-electron chi connectivity index (χ1n) is 8.01. The highest BCUT2D eigenvalue weighted by Gasteiger charge is 2.18. The van der Waals surface area contributed by atoms with E-state index in [0.29, 0.717) is 22.8 Å². The summed E-state index contributed by atoms with van der Waals surface area (Å²) in [4.78, 5) is 24.4. The second-order valence-corrected chi connectivity index (χ2v) is 6.07. The van der Waals surface area contributed by atoms with E-state index in [1.807, 2.05) is 20.9 Å². The number of rotatable bonds is 3. The number of aromatic nitrogens is 4. The van der Waals surface area contributed by atoms with Crippen LogP contribution >= 0.6 is 0 Å². The third kappa shape index (κ3) is 3.10. The molecular formula is C17H20N6O3. The minimum Gasteiger partial charge on any atom is -0.466 e. The highest BCUT2D eigenvalue weighted by Crippen LogP contribution is 2.25. The number of furan rings is 1. The molecule has 0 unspecified atom stereocenters. The Balaban J connectivity index is 1.71. The van der Waals surface area contributed by atoms with Gasteiger partial charge in [0, 0.05) is 18.3 Å². The van der Waals surface area contributed by atoms with Crippen LogP contribution in [0.4, 0.5) is 0 Å². The molecule has 26 heavy (non-hydrogen) atoms. The molecule has 0 aliphatic heterocycles. The summed E-state index contributed by atoms with van der Waals surface area (Å²) in [5.74, 6) is 0.153. The molecule has 0 bridgehead atoms. The SMILES string of the molecule is Cc1cc(C(=O)NNC(=O)c2cc(-c3c(C)nn(C)c3C)n[nH]2)c(C)o1. The lowest BCUT2D eigenvalue weighted by Crippen LogP contribution is -2.41. The lowest BCUT2D eigenvalue weighted by Gasteiger charge is -2.05. The summed E-state index contributed by atoms with van der Waals surface area (Å²) < 4.78 is 7.06. The van der Waals surface area contributed by atoms with Crippen molar-refractivity contribution in [3.63, 3.8) is 0 Å². The fraction of sp³-hybridized carbons (Fsp3) is 0.294. The molecule has 0 aliphatic carbocycles. The number of nitrogens with zero attached hydrogens (tertiary/aromatic N) is 3. The van der Waals surface area contributed by atoms with Gasteiger partial charge in [-0.15, -0.1) is 0 Å². The van der Waals surface area contributed by atoms with Gasteiger partial charge < -0.3 is 4.42 Å². The standard InChI is InChI=1S/C17H20N6O3/c1-8-6-12(11(4)26-8)16(24)20-21-17(25)14-7-13(18-19-14)15-9(2)22-23(5)10(15)3/h6-7H,1-5H3,(H,18,19)(H,20,24)(H,21,25). The Morgan fingerprint density at radius 1 is 1.12 bits per heavy atom. The second-order valence-electron chi connectivity index (χ2n) is 6.07. The predicted molar refractivity (Wildman–Crippen MR) is 93.4 cm³/mol. The Kier molecular flexibility index (Phi) is 4.37. The molecule has 2 amide bonds. The normalized spacial score (nSPS) is 10.8. The Morgan fingerprint density at radius 3 is 2.38 bits per heavy atom. The zero-order valence-corrected chi connectivity index (χ0v) is 15.2. The molecule has 3 N–H and O–H groups in total. The van der Waals surface area contributed by atoms with Gasteiger partial charge in [-0.3, -0.25) is 30.2 Å². The van der Waals surface area contributed by atoms with Crippen LogP contribution in [0.3, 0.4) is 0 Å². The molecule has 9 nitrogen and oxygen atoms in total. The average molecular weight is 356 g/mol. The number of carbonyl (C=O) groups excluding carboxylic acids is 2. The number of nitrogens with one attached hydrogen (secondary N) is 3. The summed E-state index contributed by atoms with van der Waals surface area (Å²) in [6.07, 6.45) is 0. The van der Waals surface area contributed by atoms with Gasteiger partial charge in [-0.1, -0.05) is 0 Å². The maximum atomic E-state index is 12.2. The maximum Gasteiger partial charge on any atom is 0.287 e. The van der Waals surface area contributed by atoms with E-state index >= 15 is 0 Å². The molecule has 0 spiro atoms. The van der Waals surface area contributed by atoms with Crippen LogP contribution in [-0.4, -0.2) is 31.8 Å². The summed E-state index contributed by atoms with van der Waals surface area (Å²) >= 11 is 0. The van der Waals surface area contributed by atoms with Crippen molar-refractivity contribution >= 4 is 11.8 Å². The average Bonchev–Trinajstić information content (AvgIpc) is 3.24. The minimum atomic E-state index is -0.505. The van der Waals surface area contributed by atoms with Gasteiger partial charge in [0.15, 0.2) is 0 Å².